The summed E-state index contributed by atoms with van der Waals surface area (Å²) in [6.45, 7) is 0.736. The lowest BCUT2D eigenvalue weighted by Crippen LogP contribution is -2.39. The number of hydrogen-bond donors (Lipinski definition) is 1. The van der Waals surface area contributed by atoms with Crippen LogP contribution in [0.2, 0.25) is 0 Å². The molecule has 110 valence electrons. The number of carboxylic acids is 1. The van der Waals surface area contributed by atoms with Crippen molar-refractivity contribution in [1.29, 1.82) is 0 Å². The largest absolute Gasteiger partial charge is 0.481 e. The van der Waals surface area contributed by atoms with Gasteiger partial charge in [0.05, 0.1) is 11.0 Å². The number of carbonyl (C=O) groups is 1. The molecule has 3 nitrogen and oxygen atoms in total. The van der Waals surface area contributed by atoms with Gasteiger partial charge in [0.25, 0.3) is 0 Å². The van der Waals surface area contributed by atoms with Crippen molar-refractivity contribution >= 4 is 5.97 Å². The van der Waals surface area contributed by atoms with E-state index in [-0.39, 0.29) is 6.42 Å². The molecule has 6 heteroatoms. The van der Waals surface area contributed by atoms with E-state index in [1.807, 2.05) is 0 Å². The number of hydrogen-bond acceptors (Lipinski definition) is 2. The van der Waals surface area contributed by atoms with Gasteiger partial charge in [-0.05, 0) is 37.0 Å². The first-order valence-corrected chi connectivity index (χ1v) is 6.31. The zero-order valence-electron chi connectivity index (χ0n) is 10.7. The Morgan fingerprint density at radius 2 is 1.75 bits per heavy atom. The summed E-state index contributed by atoms with van der Waals surface area (Å²) >= 11 is 0. The normalized spacial score (nSPS) is 18.8. The molecule has 1 N–H and O–H groups in total. The van der Waals surface area contributed by atoms with Crippen molar-refractivity contribution in [3.05, 3.63) is 35.4 Å². The minimum absolute atomic E-state index is 0.226. The number of halogens is 3. The van der Waals surface area contributed by atoms with Crippen molar-refractivity contribution in [3.63, 3.8) is 0 Å². The van der Waals surface area contributed by atoms with E-state index in [1.54, 1.807) is 0 Å². The molecule has 20 heavy (non-hydrogen) atoms. The molecule has 0 atom stereocenters. The smallest absolute Gasteiger partial charge is 0.416 e. The first kappa shape index (κ1) is 14.8. The molecular weight excluding hydrogens is 273 g/mol. The maximum atomic E-state index is 12.5. The van der Waals surface area contributed by atoms with E-state index in [2.05, 4.69) is 0 Å². The molecule has 1 fully saturated rings. The third kappa shape index (κ3) is 3.12. The lowest BCUT2D eigenvalue weighted by atomic mass is 9.75. The SMILES string of the molecule is O=C(O)C1(Cc2ccc(C(F)(F)F)cc2)CCOCC1. The molecule has 1 aliphatic heterocycles. The summed E-state index contributed by atoms with van der Waals surface area (Å²) in [4.78, 5) is 11.5. The number of aliphatic carboxylic acids is 1. The van der Waals surface area contributed by atoms with E-state index >= 15 is 0 Å². The maximum absolute atomic E-state index is 12.5. The van der Waals surface area contributed by atoms with Gasteiger partial charge in [0.1, 0.15) is 0 Å². The fraction of sp³-hybridized carbons (Fsp3) is 0.500. The fourth-order valence-electron chi connectivity index (χ4n) is 2.43. The van der Waals surface area contributed by atoms with Crippen LogP contribution in [0.25, 0.3) is 0 Å². The van der Waals surface area contributed by atoms with Gasteiger partial charge in [0.15, 0.2) is 0 Å². The van der Waals surface area contributed by atoms with Gasteiger partial charge in [0, 0.05) is 13.2 Å². The fourth-order valence-corrected chi connectivity index (χ4v) is 2.43. The molecule has 0 spiro atoms. The highest BCUT2D eigenvalue weighted by Gasteiger charge is 2.40. The summed E-state index contributed by atoms with van der Waals surface area (Å²) in [6, 6.07) is 4.68. The second-order valence-electron chi connectivity index (χ2n) is 5.07. The molecule has 0 amide bonds. The first-order valence-electron chi connectivity index (χ1n) is 6.31. The lowest BCUT2D eigenvalue weighted by Gasteiger charge is -2.33. The van der Waals surface area contributed by atoms with Crippen LogP contribution >= 0.6 is 0 Å². The van der Waals surface area contributed by atoms with Gasteiger partial charge in [-0.25, -0.2) is 0 Å². The molecule has 1 heterocycles. The monoisotopic (exact) mass is 288 g/mol. The summed E-state index contributed by atoms with van der Waals surface area (Å²) in [5, 5.41) is 9.40. The molecule has 0 bridgehead atoms. The molecule has 1 aliphatic rings. The van der Waals surface area contributed by atoms with Gasteiger partial charge < -0.3 is 9.84 Å². The Hall–Kier alpha value is -1.56. The summed E-state index contributed by atoms with van der Waals surface area (Å²) in [7, 11) is 0. The summed E-state index contributed by atoms with van der Waals surface area (Å²) in [5.74, 6) is -0.916. The third-order valence-corrected chi connectivity index (χ3v) is 3.73. The average Bonchev–Trinajstić information content (AvgIpc) is 2.39. The van der Waals surface area contributed by atoms with Crippen molar-refractivity contribution in [2.24, 2.45) is 5.41 Å². The van der Waals surface area contributed by atoms with Crippen LogP contribution < -0.4 is 0 Å². The van der Waals surface area contributed by atoms with E-state index in [1.165, 1.54) is 12.1 Å². The number of rotatable bonds is 3. The van der Waals surface area contributed by atoms with Crippen molar-refractivity contribution < 1.29 is 27.8 Å². The molecule has 1 aromatic rings. The Balaban J connectivity index is 2.17. The Bertz CT molecular complexity index is 473. The molecule has 0 aliphatic carbocycles. The van der Waals surface area contributed by atoms with Crippen molar-refractivity contribution in [3.8, 4) is 0 Å². The average molecular weight is 288 g/mol. The Morgan fingerprint density at radius 3 is 2.20 bits per heavy atom. The second kappa shape index (κ2) is 5.44. The van der Waals surface area contributed by atoms with Crippen molar-refractivity contribution in [2.75, 3.05) is 13.2 Å². The highest BCUT2D eigenvalue weighted by atomic mass is 19.4. The Kier molecular flexibility index (Phi) is 4.04. The van der Waals surface area contributed by atoms with E-state index in [4.69, 9.17) is 4.74 Å². The minimum Gasteiger partial charge on any atom is -0.481 e. The molecule has 1 saturated heterocycles. The summed E-state index contributed by atoms with van der Waals surface area (Å²) in [5.41, 5.74) is -1.06. The van der Waals surface area contributed by atoms with Gasteiger partial charge in [-0.3, -0.25) is 4.79 Å². The molecular formula is C14H15F3O3. The standard InChI is InChI=1S/C14H15F3O3/c15-14(16,17)11-3-1-10(2-4-11)9-13(12(18)19)5-7-20-8-6-13/h1-4H,5-9H2,(H,18,19). The van der Waals surface area contributed by atoms with Gasteiger partial charge in [-0.15, -0.1) is 0 Å². The molecule has 0 unspecified atom stereocenters. The lowest BCUT2D eigenvalue weighted by molar-refractivity contribution is -0.154. The second-order valence-corrected chi connectivity index (χ2v) is 5.07. The predicted octanol–water partition coefficient (Wildman–Crippen LogP) is 3.13. The van der Waals surface area contributed by atoms with Gasteiger partial charge in [0.2, 0.25) is 0 Å². The zero-order chi connectivity index (χ0) is 14.8. The summed E-state index contributed by atoms with van der Waals surface area (Å²) < 4.78 is 42.6. The van der Waals surface area contributed by atoms with Crippen LogP contribution in [0.1, 0.15) is 24.0 Å². The third-order valence-electron chi connectivity index (χ3n) is 3.73. The first-order chi connectivity index (χ1) is 9.33. The van der Waals surface area contributed by atoms with Crippen LogP contribution in [0.15, 0.2) is 24.3 Å². The van der Waals surface area contributed by atoms with E-state index in [0.717, 1.165) is 12.1 Å². The number of benzene rings is 1. The van der Waals surface area contributed by atoms with Gasteiger partial charge in [-0.1, -0.05) is 12.1 Å². The number of ether oxygens (including phenoxy) is 1. The Labute approximate surface area is 114 Å². The summed E-state index contributed by atoms with van der Waals surface area (Å²) in [6.07, 6.45) is -3.39. The number of alkyl halides is 3. The van der Waals surface area contributed by atoms with Crippen LogP contribution in [-0.2, 0) is 22.1 Å². The molecule has 0 radical (unpaired) electrons. The topological polar surface area (TPSA) is 46.5 Å². The van der Waals surface area contributed by atoms with E-state index in [9.17, 15) is 23.1 Å². The molecule has 0 saturated carbocycles. The number of carboxylic acid groups (broad SMARTS) is 1. The molecule has 0 aromatic heterocycles. The van der Waals surface area contributed by atoms with Gasteiger partial charge in [-0.2, -0.15) is 13.2 Å². The van der Waals surface area contributed by atoms with Crippen molar-refractivity contribution in [1.82, 2.24) is 0 Å². The van der Waals surface area contributed by atoms with Crippen LogP contribution in [0.3, 0.4) is 0 Å². The highest BCUT2D eigenvalue weighted by molar-refractivity contribution is 5.75. The Morgan fingerprint density at radius 1 is 1.20 bits per heavy atom. The molecule has 2 rings (SSSR count). The predicted molar refractivity (Wildman–Crippen MR) is 65.3 cm³/mol. The van der Waals surface area contributed by atoms with Crippen LogP contribution in [0.5, 0.6) is 0 Å². The van der Waals surface area contributed by atoms with Crippen LogP contribution in [0.4, 0.5) is 13.2 Å². The highest BCUT2D eigenvalue weighted by Crippen LogP contribution is 2.35. The molecule has 1 aromatic carbocycles. The van der Waals surface area contributed by atoms with E-state index < -0.39 is 23.1 Å². The van der Waals surface area contributed by atoms with E-state index in [0.29, 0.717) is 31.6 Å². The van der Waals surface area contributed by atoms with Crippen LogP contribution in [-0.4, -0.2) is 24.3 Å². The van der Waals surface area contributed by atoms with Crippen molar-refractivity contribution in [2.45, 2.75) is 25.4 Å². The van der Waals surface area contributed by atoms with Crippen LogP contribution in [0, 0.1) is 5.41 Å². The van der Waals surface area contributed by atoms with Gasteiger partial charge >= 0.3 is 12.1 Å². The minimum atomic E-state index is -4.37. The zero-order valence-corrected chi connectivity index (χ0v) is 10.7. The quantitative estimate of drug-likeness (QED) is 0.929. The maximum Gasteiger partial charge on any atom is 0.416 e.